The van der Waals surface area contributed by atoms with Crippen LogP contribution in [0.25, 0.3) is 0 Å². The van der Waals surface area contributed by atoms with Gasteiger partial charge in [-0.2, -0.15) is 0 Å². The van der Waals surface area contributed by atoms with E-state index in [0.717, 1.165) is 9.44 Å². The van der Waals surface area contributed by atoms with Gasteiger partial charge in [-0.05, 0) is 0 Å². The van der Waals surface area contributed by atoms with Gasteiger partial charge in [-0.3, -0.25) is 0 Å². The molecule has 0 amide bonds. The van der Waals surface area contributed by atoms with Gasteiger partial charge in [0.1, 0.15) is 0 Å². The van der Waals surface area contributed by atoms with Gasteiger partial charge in [0.2, 0.25) is 0 Å². The summed E-state index contributed by atoms with van der Waals surface area (Å²) in [5.74, 6) is 0. The number of rotatable bonds is 39. The molecule has 0 spiro atoms. The molecule has 0 aromatic heterocycles. The summed E-state index contributed by atoms with van der Waals surface area (Å²) in [4.78, 5) is 0. The standard InChI is InChI=1S/3C19H45Si3.Cr/c3*1-10-20(11-2,12-3)19(21(13-4,14-5)15-6)22(16-7,17-8)18-9;/h3*10-18H2,1-9H3;. The first kappa shape index (κ1) is 69.5. The summed E-state index contributed by atoms with van der Waals surface area (Å²) in [6.45, 7) is 79.8. The van der Waals surface area contributed by atoms with Crippen LogP contribution in [-0.4, -0.2) is 72.7 Å². The average molecular weight is 1130 g/mol. The van der Waals surface area contributed by atoms with Gasteiger partial charge >= 0.3 is 446 Å². The summed E-state index contributed by atoms with van der Waals surface area (Å²) < 4.78 is 2.26. The molecule has 10 heteroatoms. The predicted octanol–water partition coefficient (Wildman–Crippen LogP) is 23.5. The molecule has 0 bridgehead atoms. The van der Waals surface area contributed by atoms with Crippen LogP contribution in [0.4, 0.5) is 0 Å². The van der Waals surface area contributed by atoms with Crippen molar-refractivity contribution in [3.8, 4) is 0 Å². The Bertz CT molecular complexity index is 960. The van der Waals surface area contributed by atoms with Crippen LogP contribution in [0.3, 0.4) is 0 Å². The molecule has 0 aliphatic heterocycles. The van der Waals surface area contributed by atoms with Crippen LogP contribution in [0.2, 0.25) is 173 Å². The molecule has 0 saturated carbocycles. The van der Waals surface area contributed by atoms with E-state index in [4.69, 9.17) is 0 Å². The Labute approximate surface area is 442 Å². The fourth-order valence-electron chi connectivity index (χ4n) is 21.2. The third kappa shape index (κ3) is 9.09. The Morgan fingerprint density at radius 2 is 0.209 bits per heavy atom. The maximum absolute atomic E-state index is 2.96. The van der Waals surface area contributed by atoms with Gasteiger partial charge in [-0.25, -0.2) is 0 Å². The third-order valence-electron chi connectivity index (χ3n) is 25.9. The number of hydrogen-bond acceptors (Lipinski definition) is 0. The van der Waals surface area contributed by atoms with E-state index in [-0.39, 0.29) is 0 Å². The SMILES string of the molecule is CC[Si](CC)(CC)[C]([Cr]([C]([Si](CC)(CC)CC)([Si](CC)(CC)CC)[Si](CC)(CC)CC)[C]([Si](CC)(CC)CC)([Si](CC)(CC)CC)[Si](CC)(CC)CC)([Si](CC)(CC)CC)[Si](CC)(CC)CC. The van der Waals surface area contributed by atoms with Gasteiger partial charge in [0, 0.05) is 0 Å². The van der Waals surface area contributed by atoms with Crippen molar-refractivity contribution in [1.82, 2.24) is 0 Å². The van der Waals surface area contributed by atoms with E-state index in [2.05, 4.69) is 187 Å². The van der Waals surface area contributed by atoms with Gasteiger partial charge in [0.05, 0.1) is 0 Å². The van der Waals surface area contributed by atoms with Crippen LogP contribution in [-0.2, 0) is 14.1 Å². The zero-order valence-corrected chi connectivity index (χ0v) is 62.8. The second-order valence-corrected chi connectivity index (χ2v) is 86.0. The van der Waals surface area contributed by atoms with Crippen LogP contribution in [0.5, 0.6) is 0 Å². The molecule has 0 atom stereocenters. The number of hydrogen-bond donors (Lipinski definition) is 0. The predicted molar refractivity (Wildman–Crippen MR) is 343 cm³/mol. The summed E-state index contributed by atoms with van der Waals surface area (Å²) >= 11 is -1.73. The van der Waals surface area contributed by atoms with E-state index >= 15 is 0 Å². The zero-order valence-electron chi connectivity index (χ0n) is 52.5. The molecule has 67 heavy (non-hydrogen) atoms. The zero-order chi connectivity index (χ0) is 52.7. The summed E-state index contributed by atoms with van der Waals surface area (Å²) in [7, 11) is -18.6. The molecule has 0 aliphatic rings. The minimum absolute atomic E-state index is 0.752. The van der Waals surface area contributed by atoms with Crippen molar-refractivity contribution in [2.24, 2.45) is 0 Å². The van der Waals surface area contributed by atoms with Crippen LogP contribution in [0, 0.1) is 0 Å². The van der Waals surface area contributed by atoms with Crippen molar-refractivity contribution in [1.29, 1.82) is 0 Å². The normalized spacial score (nSPS) is 15.0. The Morgan fingerprint density at radius 1 is 0.149 bits per heavy atom. The summed E-state index contributed by atoms with van der Waals surface area (Å²) in [6, 6.07) is 43.6. The monoisotopic (exact) mass is 1120 g/mol. The van der Waals surface area contributed by atoms with Gasteiger partial charge in [-0.15, -0.1) is 0 Å². The van der Waals surface area contributed by atoms with E-state index in [9.17, 15) is 0 Å². The minimum atomic E-state index is -2.07. The van der Waals surface area contributed by atoms with Crippen LogP contribution in [0.15, 0.2) is 0 Å². The molecule has 0 aliphatic carbocycles. The van der Waals surface area contributed by atoms with Gasteiger partial charge in [-0.1, -0.05) is 0 Å². The third-order valence-corrected chi connectivity index (χ3v) is 133. The van der Waals surface area contributed by atoms with Crippen LogP contribution < -0.4 is 0 Å². The molecular formula is C57H135CrSi9. The molecular weight excluding hydrogens is 989 g/mol. The van der Waals surface area contributed by atoms with Crippen LogP contribution >= 0.6 is 0 Å². The van der Waals surface area contributed by atoms with Gasteiger partial charge in [0.15, 0.2) is 0 Å². The Hall–Kier alpha value is 2.48. The molecule has 405 valence electrons. The summed E-state index contributed by atoms with van der Waals surface area (Å²) in [5, 5.41) is 0. The van der Waals surface area contributed by atoms with E-state index in [1.807, 2.05) is 0 Å². The molecule has 0 rings (SSSR count). The Kier molecular flexibility index (Phi) is 29.6. The second kappa shape index (κ2) is 28.6. The van der Waals surface area contributed by atoms with Crippen molar-refractivity contribution in [3.05, 3.63) is 0 Å². The van der Waals surface area contributed by atoms with Crippen LogP contribution in [0.1, 0.15) is 187 Å². The quantitative estimate of drug-likeness (QED) is 0.0538. The van der Waals surface area contributed by atoms with E-state index in [1.165, 1.54) is 0 Å². The first-order chi connectivity index (χ1) is 31.8. The fraction of sp³-hybridized carbons (Fsp3) is 1.00. The van der Waals surface area contributed by atoms with Gasteiger partial charge < -0.3 is 0 Å². The molecule has 0 fully saturated rings. The van der Waals surface area contributed by atoms with Crippen molar-refractivity contribution < 1.29 is 14.1 Å². The molecule has 0 aromatic carbocycles. The second-order valence-electron chi connectivity index (χ2n) is 23.4. The first-order valence-corrected chi connectivity index (χ1v) is 57.0. The average Bonchev–Trinajstić information content (AvgIpc) is 3.39. The van der Waals surface area contributed by atoms with E-state index in [1.54, 1.807) is 163 Å². The molecule has 0 aromatic rings. The molecule has 0 unspecified atom stereocenters. The van der Waals surface area contributed by atoms with E-state index in [0.29, 0.717) is 0 Å². The van der Waals surface area contributed by atoms with Crippen molar-refractivity contribution in [2.45, 2.75) is 360 Å². The van der Waals surface area contributed by atoms with E-state index < -0.39 is 86.8 Å². The summed E-state index contributed by atoms with van der Waals surface area (Å²) in [6.07, 6.45) is 0. The van der Waals surface area contributed by atoms with Crippen molar-refractivity contribution in [3.63, 3.8) is 0 Å². The maximum atomic E-state index is 2.96. The molecule has 0 nitrogen and oxygen atoms in total. The molecule has 0 saturated heterocycles. The topological polar surface area (TPSA) is 0 Å². The first-order valence-electron chi connectivity index (χ1n) is 31.5. The van der Waals surface area contributed by atoms with Crippen molar-refractivity contribution >= 4 is 72.7 Å². The Balaban J connectivity index is 13.5. The Morgan fingerprint density at radius 3 is 0.254 bits per heavy atom. The molecule has 0 radical (unpaired) electrons. The summed E-state index contributed by atoms with van der Waals surface area (Å²) in [5.41, 5.74) is 0. The fourth-order valence-corrected chi connectivity index (χ4v) is 183. The van der Waals surface area contributed by atoms with Gasteiger partial charge in [0.25, 0.3) is 0 Å². The molecule has 0 N–H and O–H groups in total. The molecule has 0 heterocycles. The van der Waals surface area contributed by atoms with Crippen molar-refractivity contribution in [2.75, 3.05) is 0 Å².